The molecule has 7 heteroatoms. The van der Waals surface area contributed by atoms with Gasteiger partial charge in [-0.2, -0.15) is 5.10 Å². The van der Waals surface area contributed by atoms with Gasteiger partial charge in [0.05, 0.1) is 29.8 Å². The summed E-state index contributed by atoms with van der Waals surface area (Å²) < 4.78 is 6.71. The predicted octanol–water partition coefficient (Wildman–Crippen LogP) is 3.09. The molecule has 29 heavy (non-hydrogen) atoms. The van der Waals surface area contributed by atoms with E-state index in [1.54, 1.807) is 14.0 Å². The summed E-state index contributed by atoms with van der Waals surface area (Å²) in [6.07, 6.45) is 1.78. The highest BCUT2D eigenvalue weighted by Gasteiger charge is 2.29. The van der Waals surface area contributed by atoms with E-state index in [1.165, 1.54) is 4.68 Å². The highest BCUT2D eigenvalue weighted by atomic mass is 16.5. The number of nitrogens with zero attached hydrogens (tertiary/aromatic N) is 2. The number of hydrogen-bond donors (Lipinski definition) is 2. The maximum absolute atomic E-state index is 13.2. The van der Waals surface area contributed by atoms with E-state index in [1.807, 2.05) is 54.6 Å². The van der Waals surface area contributed by atoms with E-state index >= 15 is 0 Å². The Balaban J connectivity index is 1.80. The Morgan fingerprint density at radius 3 is 2.45 bits per heavy atom. The van der Waals surface area contributed by atoms with E-state index < -0.39 is 0 Å². The molecule has 0 radical (unpaired) electrons. The molecule has 2 N–H and O–H groups in total. The molecule has 4 rings (SSSR count). The molecule has 0 bridgehead atoms. The second-order valence-corrected chi connectivity index (χ2v) is 7.01. The third kappa shape index (κ3) is 3.85. The van der Waals surface area contributed by atoms with Gasteiger partial charge >= 0.3 is 0 Å². The molecule has 0 unspecified atom stereocenters. The van der Waals surface area contributed by atoms with Gasteiger partial charge < -0.3 is 4.74 Å². The molecule has 1 aromatic heterocycles. The summed E-state index contributed by atoms with van der Waals surface area (Å²) in [5, 5.41) is 7.40. The molecule has 148 valence electrons. The van der Waals surface area contributed by atoms with Crippen LogP contribution in [-0.2, 0) is 4.79 Å². The molecule has 0 aliphatic heterocycles. The van der Waals surface area contributed by atoms with Crippen LogP contribution in [-0.4, -0.2) is 28.5 Å². The van der Waals surface area contributed by atoms with Crippen molar-refractivity contribution in [3.8, 4) is 22.7 Å². The van der Waals surface area contributed by atoms with Gasteiger partial charge in [-0.3, -0.25) is 14.7 Å². The van der Waals surface area contributed by atoms with E-state index in [9.17, 15) is 9.59 Å². The monoisotopic (exact) mass is 390 g/mol. The van der Waals surface area contributed by atoms with E-state index in [4.69, 9.17) is 4.74 Å². The zero-order valence-electron chi connectivity index (χ0n) is 16.3. The number of methoxy groups -OCH3 is 1. The van der Waals surface area contributed by atoms with Crippen LogP contribution in [0.15, 0.2) is 64.5 Å². The van der Waals surface area contributed by atoms with E-state index in [-0.39, 0.29) is 17.4 Å². The van der Waals surface area contributed by atoms with Crippen LogP contribution < -0.4 is 15.7 Å². The van der Waals surface area contributed by atoms with Gasteiger partial charge in [0.2, 0.25) is 5.91 Å². The van der Waals surface area contributed by atoms with Crippen LogP contribution in [0.3, 0.4) is 0 Å². The highest BCUT2D eigenvalue weighted by Crippen LogP contribution is 2.29. The number of ether oxygens (including phenoxy) is 1. The van der Waals surface area contributed by atoms with Gasteiger partial charge in [0.25, 0.3) is 5.56 Å². The van der Waals surface area contributed by atoms with Crippen molar-refractivity contribution in [1.29, 1.82) is 0 Å². The van der Waals surface area contributed by atoms with Crippen LogP contribution in [0.25, 0.3) is 16.9 Å². The predicted molar refractivity (Wildman–Crippen MR) is 111 cm³/mol. The minimum absolute atomic E-state index is 0.0415. The van der Waals surface area contributed by atoms with Crippen molar-refractivity contribution in [3.63, 3.8) is 0 Å². The SMILES string of the molecule is COc1ccc(-c2[nH]n(-c3ccccc3)c(=O)c2/C(C)=N/NC(=O)C2CC2)cc1. The summed E-state index contributed by atoms with van der Waals surface area (Å²) in [6, 6.07) is 16.7. The summed E-state index contributed by atoms with van der Waals surface area (Å²) >= 11 is 0. The summed E-state index contributed by atoms with van der Waals surface area (Å²) in [5.41, 5.74) is 5.37. The number of carbonyl (C=O) groups excluding carboxylic acids is 1. The lowest BCUT2D eigenvalue weighted by Gasteiger charge is -2.05. The molecule has 0 atom stereocenters. The molecule has 1 saturated carbocycles. The molecular weight excluding hydrogens is 368 g/mol. The van der Waals surface area contributed by atoms with E-state index in [0.29, 0.717) is 22.7 Å². The molecule has 1 amide bonds. The Morgan fingerprint density at radius 2 is 1.83 bits per heavy atom. The standard InChI is InChI=1S/C22H22N4O3/c1-14(23-24-21(27)16-8-9-16)19-20(15-10-12-18(29-2)13-11-15)25-26(22(19)28)17-6-4-3-5-7-17/h3-7,10-13,16,25H,8-9H2,1-2H3,(H,24,27)/b23-14+. The average molecular weight is 390 g/mol. The van der Waals surface area contributed by atoms with Crippen molar-refractivity contribution >= 4 is 11.6 Å². The van der Waals surface area contributed by atoms with Gasteiger partial charge in [0, 0.05) is 11.5 Å². The van der Waals surface area contributed by atoms with Gasteiger partial charge in [-0.15, -0.1) is 0 Å². The Kier molecular flexibility index (Phi) is 5.03. The largest absolute Gasteiger partial charge is 0.497 e. The summed E-state index contributed by atoms with van der Waals surface area (Å²) in [7, 11) is 1.60. The number of carbonyl (C=O) groups is 1. The fourth-order valence-corrected chi connectivity index (χ4v) is 3.13. The molecule has 3 aromatic rings. The van der Waals surface area contributed by atoms with Gasteiger partial charge in [0.15, 0.2) is 0 Å². The first-order valence-electron chi connectivity index (χ1n) is 9.48. The van der Waals surface area contributed by atoms with Gasteiger partial charge in [-0.05, 0) is 56.2 Å². The number of hydrogen-bond acceptors (Lipinski definition) is 4. The van der Waals surface area contributed by atoms with Crippen molar-refractivity contribution < 1.29 is 9.53 Å². The molecule has 1 aliphatic carbocycles. The topological polar surface area (TPSA) is 88.5 Å². The molecule has 2 aromatic carbocycles. The fourth-order valence-electron chi connectivity index (χ4n) is 3.13. The molecule has 1 fully saturated rings. The number of aromatic amines is 1. The summed E-state index contributed by atoms with van der Waals surface area (Å²) in [6.45, 7) is 1.72. The molecule has 1 aliphatic rings. The Hall–Kier alpha value is -3.61. The van der Waals surface area contributed by atoms with Crippen LogP contribution in [0.2, 0.25) is 0 Å². The van der Waals surface area contributed by atoms with Gasteiger partial charge in [-0.25, -0.2) is 10.1 Å². The third-order valence-electron chi connectivity index (χ3n) is 4.93. The maximum Gasteiger partial charge on any atom is 0.281 e. The smallest absolute Gasteiger partial charge is 0.281 e. The second-order valence-electron chi connectivity index (χ2n) is 7.01. The van der Waals surface area contributed by atoms with E-state index in [2.05, 4.69) is 15.6 Å². The zero-order valence-corrected chi connectivity index (χ0v) is 16.3. The van der Waals surface area contributed by atoms with Crippen LogP contribution in [0.5, 0.6) is 5.75 Å². The van der Waals surface area contributed by atoms with Crippen molar-refractivity contribution in [3.05, 3.63) is 70.5 Å². The Labute approximate surface area is 168 Å². The molecule has 0 saturated heterocycles. The van der Waals surface area contributed by atoms with Gasteiger partial charge in [0.1, 0.15) is 5.75 Å². The number of nitrogens with one attached hydrogen (secondary N) is 2. The minimum atomic E-state index is -0.232. The molecule has 7 nitrogen and oxygen atoms in total. The van der Waals surface area contributed by atoms with Gasteiger partial charge in [-0.1, -0.05) is 18.2 Å². The zero-order chi connectivity index (χ0) is 20.4. The first kappa shape index (κ1) is 18.7. The lowest BCUT2D eigenvalue weighted by atomic mass is 10.1. The quantitative estimate of drug-likeness (QED) is 0.501. The Morgan fingerprint density at radius 1 is 1.14 bits per heavy atom. The number of aromatic nitrogens is 2. The van der Waals surface area contributed by atoms with Crippen molar-refractivity contribution in [2.45, 2.75) is 19.8 Å². The number of rotatable bonds is 6. The van der Waals surface area contributed by atoms with Crippen LogP contribution >= 0.6 is 0 Å². The lowest BCUT2D eigenvalue weighted by Crippen LogP contribution is -2.24. The number of benzene rings is 2. The summed E-state index contributed by atoms with van der Waals surface area (Å²) in [4.78, 5) is 25.2. The second kappa shape index (κ2) is 7.79. The highest BCUT2D eigenvalue weighted by molar-refractivity contribution is 6.04. The van der Waals surface area contributed by atoms with Crippen molar-refractivity contribution in [2.24, 2.45) is 11.0 Å². The number of H-pyrrole nitrogens is 1. The molecule has 0 spiro atoms. The fraction of sp³-hybridized carbons (Fsp3) is 0.227. The number of hydrazone groups is 1. The first-order chi connectivity index (χ1) is 14.1. The van der Waals surface area contributed by atoms with Crippen LogP contribution in [0.4, 0.5) is 0 Å². The third-order valence-corrected chi connectivity index (χ3v) is 4.93. The summed E-state index contributed by atoms with van der Waals surface area (Å²) in [5.74, 6) is 0.663. The number of amides is 1. The minimum Gasteiger partial charge on any atom is -0.497 e. The van der Waals surface area contributed by atoms with Crippen LogP contribution in [0.1, 0.15) is 25.3 Å². The number of para-hydroxylation sites is 1. The molecule has 1 heterocycles. The molecular formula is C22H22N4O3. The van der Waals surface area contributed by atoms with Crippen molar-refractivity contribution in [1.82, 2.24) is 15.2 Å². The lowest BCUT2D eigenvalue weighted by molar-refractivity contribution is -0.122. The maximum atomic E-state index is 13.2. The van der Waals surface area contributed by atoms with Crippen molar-refractivity contribution in [2.75, 3.05) is 7.11 Å². The normalized spacial score (nSPS) is 13.9. The van der Waals surface area contributed by atoms with Crippen LogP contribution in [0, 0.1) is 5.92 Å². The van der Waals surface area contributed by atoms with E-state index in [0.717, 1.165) is 24.2 Å². The average Bonchev–Trinajstić information content (AvgIpc) is 3.55. The first-order valence-corrected chi connectivity index (χ1v) is 9.48. The Bertz CT molecular complexity index is 1110.